The predicted octanol–water partition coefficient (Wildman–Crippen LogP) is 5.50. The predicted molar refractivity (Wildman–Crippen MR) is 99.3 cm³/mol. The summed E-state index contributed by atoms with van der Waals surface area (Å²) in [6.45, 7) is 6.07. The maximum Gasteiger partial charge on any atom is 0.00631 e. The molecule has 0 aliphatic carbocycles. The van der Waals surface area contributed by atoms with E-state index in [1.807, 2.05) is 0 Å². The summed E-state index contributed by atoms with van der Waals surface area (Å²) in [6, 6.07) is 0.475. The first-order valence-electron chi connectivity index (χ1n) is 10.3. The van der Waals surface area contributed by atoms with Crippen LogP contribution in [0.2, 0.25) is 0 Å². The van der Waals surface area contributed by atoms with Crippen LogP contribution in [0, 0.1) is 0 Å². The van der Waals surface area contributed by atoms with Crippen LogP contribution >= 0.6 is 0 Å². The molecule has 0 aromatic carbocycles. The van der Waals surface area contributed by atoms with Crippen LogP contribution in [-0.2, 0) is 0 Å². The highest BCUT2D eigenvalue weighted by Gasteiger charge is 2.14. The molecular formula is C20H42N2. The Kier molecular flexibility index (Phi) is 13.2. The van der Waals surface area contributed by atoms with Crippen LogP contribution in [0.25, 0.3) is 0 Å². The van der Waals surface area contributed by atoms with Crippen molar-refractivity contribution in [3.05, 3.63) is 0 Å². The molecule has 0 atom stereocenters. The van der Waals surface area contributed by atoms with Crippen molar-refractivity contribution >= 4 is 0 Å². The maximum atomic E-state index is 5.94. The Morgan fingerprint density at radius 2 is 1.09 bits per heavy atom. The number of hydrogen-bond donors (Lipinski definition) is 1. The van der Waals surface area contributed by atoms with Crippen molar-refractivity contribution in [3.8, 4) is 0 Å². The summed E-state index contributed by atoms with van der Waals surface area (Å²) in [5.41, 5.74) is 5.94. The van der Waals surface area contributed by atoms with Gasteiger partial charge in [-0.15, -0.1) is 0 Å². The molecule has 1 fully saturated rings. The van der Waals surface area contributed by atoms with Gasteiger partial charge in [0, 0.05) is 6.04 Å². The van der Waals surface area contributed by atoms with E-state index in [9.17, 15) is 0 Å². The van der Waals surface area contributed by atoms with Gasteiger partial charge in [-0.1, -0.05) is 84.0 Å². The van der Waals surface area contributed by atoms with Gasteiger partial charge in [-0.25, -0.2) is 0 Å². The fraction of sp³-hybridized carbons (Fsp3) is 1.00. The van der Waals surface area contributed by atoms with E-state index in [0.717, 1.165) is 0 Å². The first-order chi connectivity index (χ1) is 10.8. The minimum atomic E-state index is 0.475. The van der Waals surface area contributed by atoms with Crippen LogP contribution in [0.1, 0.15) is 103 Å². The van der Waals surface area contributed by atoms with E-state index in [-0.39, 0.29) is 0 Å². The van der Waals surface area contributed by atoms with Crippen molar-refractivity contribution in [1.29, 1.82) is 0 Å². The van der Waals surface area contributed by atoms with Gasteiger partial charge in [0.15, 0.2) is 0 Å². The quantitative estimate of drug-likeness (QED) is 0.429. The molecule has 0 aromatic rings. The Labute approximate surface area is 140 Å². The van der Waals surface area contributed by atoms with E-state index in [1.54, 1.807) is 0 Å². The fourth-order valence-corrected chi connectivity index (χ4v) is 3.53. The largest absolute Gasteiger partial charge is 0.328 e. The molecule has 0 spiro atoms. The van der Waals surface area contributed by atoms with Gasteiger partial charge < -0.3 is 10.6 Å². The maximum absolute atomic E-state index is 5.94. The lowest BCUT2D eigenvalue weighted by atomic mass is 10.0. The molecule has 0 saturated carbocycles. The molecule has 2 heteroatoms. The van der Waals surface area contributed by atoms with Gasteiger partial charge in [0.05, 0.1) is 0 Å². The normalized spacial score (nSPS) is 17.2. The molecule has 2 N–H and O–H groups in total. The standard InChI is InChI=1S/C20H42N2/c1-2-3-4-5-6-7-8-9-10-11-12-13-14-17-22-18-15-20(21)16-19-22/h20H,2-19,21H2,1H3. The number of piperidine rings is 1. The van der Waals surface area contributed by atoms with E-state index in [2.05, 4.69) is 11.8 Å². The fourth-order valence-electron chi connectivity index (χ4n) is 3.53. The smallest absolute Gasteiger partial charge is 0.00631 e. The van der Waals surface area contributed by atoms with Gasteiger partial charge in [-0.2, -0.15) is 0 Å². The van der Waals surface area contributed by atoms with Gasteiger partial charge in [-0.3, -0.25) is 0 Å². The first kappa shape index (κ1) is 20.0. The molecule has 1 aliphatic heterocycles. The van der Waals surface area contributed by atoms with Gasteiger partial charge in [0.2, 0.25) is 0 Å². The molecule has 22 heavy (non-hydrogen) atoms. The first-order valence-corrected chi connectivity index (χ1v) is 10.3. The number of unbranched alkanes of at least 4 members (excludes halogenated alkanes) is 12. The van der Waals surface area contributed by atoms with Gasteiger partial charge in [0.25, 0.3) is 0 Å². The van der Waals surface area contributed by atoms with E-state index in [4.69, 9.17) is 5.73 Å². The summed E-state index contributed by atoms with van der Waals surface area (Å²) in [6.07, 6.45) is 21.2. The second-order valence-corrected chi connectivity index (χ2v) is 7.42. The van der Waals surface area contributed by atoms with Gasteiger partial charge in [-0.05, 0) is 38.9 Å². The van der Waals surface area contributed by atoms with E-state index in [1.165, 1.54) is 116 Å². The molecule has 2 nitrogen and oxygen atoms in total. The lowest BCUT2D eigenvalue weighted by Crippen LogP contribution is -2.39. The molecule has 0 bridgehead atoms. The molecule has 0 aromatic heterocycles. The number of hydrogen-bond acceptors (Lipinski definition) is 2. The van der Waals surface area contributed by atoms with Crippen LogP contribution in [0.3, 0.4) is 0 Å². The van der Waals surface area contributed by atoms with Crippen molar-refractivity contribution in [2.75, 3.05) is 19.6 Å². The summed E-state index contributed by atoms with van der Waals surface area (Å²) in [5.74, 6) is 0. The third-order valence-electron chi connectivity index (χ3n) is 5.21. The topological polar surface area (TPSA) is 29.3 Å². The van der Waals surface area contributed by atoms with E-state index >= 15 is 0 Å². The monoisotopic (exact) mass is 310 g/mol. The highest BCUT2D eigenvalue weighted by atomic mass is 15.1. The zero-order valence-electron chi connectivity index (χ0n) is 15.3. The van der Waals surface area contributed by atoms with Crippen LogP contribution in [0.4, 0.5) is 0 Å². The minimum Gasteiger partial charge on any atom is -0.328 e. The summed E-state index contributed by atoms with van der Waals surface area (Å²) in [4.78, 5) is 2.61. The second kappa shape index (κ2) is 14.5. The Morgan fingerprint density at radius 3 is 1.55 bits per heavy atom. The zero-order valence-corrected chi connectivity index (χ0v) is 15.3. The van der Waals surface area contributed by atoms with E-state index < -0.39 is 0 Å². The number of rotatable bonds is 14. The Balaban J connectivity index is 1.71. The molecule has 1 aliphatic rings. The summed E-state index contributed by atoms with van der Waals surface area (Å²) >= 11 is 0. The van der Waals surface area contributed by atoms with E-state index in [0.29, 0.717) is 6.04 Å². The average molecular weight is 311 g/mol. The van der Waals surface area contributed by atoms with Crippen molar-refractivity contribution in [3.63, 3.8) is 0 Å². The Morgan fingerprint density at radius 1 is 0.682 bits per heavy atom. The van der Waals surface area contributed by atoms with Crippen molar-refractivity contribution in [2.45, 2.75) is 109 Å². The Hall–Kier alpha value is -0.0800. The zero-order chi connectivity index (χ0) is 15.9. The van der Waals surface area contributed by atoms with Gasteiger partial charge >= 0.3 is 0 Å². The second-order valence-electron chi connectivity index (χ2n) is 7.42. The molecule has 0 amide bonds. The minimum absolute atomic E-state index is 0.475. The lowest BCUT2D eigenvalue weighted by Gasteiger charge is -2.29. The lowest BCUT2D eigenvalue weighted by molar-refractivity contribution is 0.209. The molecule has 0 unspecified atom stereocenters. The third-order valence-corrected chi connectivity index (χ3v) is 5.21. The number of nitrogens with two attached hydrogens (primary N) is 1. The molecule has 132 valence electrons. The van der Waals surface area contributed by atoms with Crippen LogP contribution in [0.15, 0.2) is 0 Å². The molecule has 1 heterocycles. The van der Waals surface area contributed by atoms with Crippen molar-refractivity contribution in [1.82, 2.24) is 4.90 Å². The summed E-state index contributed by atoms with van der Waals surface area (Å²) < 4.78 is 0. The summed E-state index contributed by atoms with van der Waals surface area (Å²) in [7, 11) is 0. The molecule has 1 saturated heterocycles. The van der Waals surface area contributed by atoms with Crippen molar-refractivity contribution in [2.24, 2.45) is 5.73 Å². The van der Waals surface area contributed by atoms with Gasteiger partial charge in [0.1, 0.15) is 0 Å². The SMILES string of the molecule is CCCCCCCCCCCCCCCN1CCC(N)CC1. The number of nitrogens with zero attached hydrogens (tertiary/aromatic N) is 1. The summed E-state index contributed by atoms with van der Waals surface area (Å²) in [5, 5.41) is 0. The van der Waals surface area contributed by atoms with Crippen molar-refractivity contribution < 1.29 is 0 Å². The molecular weight excluding hydrogens is 268 g/mol. The van der Waals surface area contributed by atoms with Crippen LogP contribution < -0.4 is 5.73 Å². The van der Waals surface area contributed by atoms with Crippen LogP contribution in [-0.4, -0.2) is 30.6 Å². The average Bonchev–Trinajstić information content (AvgIpc) is 2.53. The highest BCUT2D eigenvalue weighted by Crippen LogP contribution is 2.13. The third kappa shape index (κ3) is 11.5. The highest BCUT2D eigenvalue weighted by molar-refractivity contribution is 4.73. The Bertz CT molecular complexity index is 222. The number of likely N-dealkylation sites (tertiary alicyclic amines) is 1. The molecule has 1 rings (SSSR count). The van der Waals surface area contributed by atoms with Crippen LogP contribution in [0.5, 0.6) is 0 Å². The molecule has 0 radical (unpaired) electrons.